The summed E-state index contributed by atoms with van der Waals surface area (Å²) in [6.07, 6.45) is -2.52. The highest BCUT2D eigenvalue weighted by Gasteiger charge is 2.46. The smallest absolute Gasteiger partial charge is 0.416 e. The van der Waals surface area contributed by atoms with Crippen LogP contribution < -0.4 is 4.90 Å². The number of piperidine rings is 1. The number of carbonyl (C=O) groups is 1. The first-order valence-electron chi connectivity index (χ1n) is 7.97. The van der Waals surface area contributed by atoms with Gasteiger partial charge in [0.15, 0.2) is 0 Å². The Kier molecular flexibility index (Phi) is 4.09. The van der Waals surface area contributed by atoms with E-state index >= 15 is 0 Å². The van der Waals surface area contributed by atoms with Gasteiger partial charge in [-0.05, 0) is 36.3 Å². The molecule has 1 aromatic rings. The summed E-state index contributed by atoms with van der Waals surface area (Å²) in [5.74, 6) is 0.507. The Morgan fingerprint density at radius 2 is 2.08 bits per heavy atom. The third-order valence-corrected chi connectivity index (χ3v) is 5.47. The molecular weight excluding hydrogens is 323 g/mol. The summed E-state index contributed by atoms with van der Waals surface area (Å²) in [5.41, 5.74) is -0.746. The second kappa shape index (κ2) is 5.82. The van der Waals surface area contributed by atoms with Crippen molar-refractivity contribution in [1.29, 1.82) is 0 Å². The average molecular weight is 343 g/mol. The van der Waals surface area contributed by atoms with Gasteiger partial charge in [0.05, 0.1) is 5.56 Å². The molecule has 1 N–H and O–H groups in total. The number of alkyl halides is 3. The van der Waals surface area contributed by atoms with Crippen molar-refractivity contribution in [2.24, 2.45) is 11.3 Å². The van der Waals surface area contributed by atoms with Gasteiger partial charge in [0.2, 0.25) is 0 Å². The van der Waals surface area contributed by atoms with Crippen molar-refractivity contribution in [2.75, 3.05) is 31.1 Å². The highest BCUT2D eigenvalue weighted by molar-refractivity contribution is 5.65. The van der Waals surface area contributed by atoms with Gasteiger partial charge in [-0.25, -0.2) is 9.78 Å². The number of pyridine rings is 1. The lowest BCUT2D eigenvalue weighted by molar-refractivity contribution is -0.137. The first kappa shape index (κ1) is 16.9. The van der Waals surface area contributed by atoms with Gasteiger partial charge in [0.25, 0.3) is 0 Å². The second-order valence-corrected chi connectivity index (χ2v) is 6.81. The molecule has 132 valence electrons. The van der Waals surface area contributed by atoms with E-state index in [1.54, 1.807) is 0 Å². The Bertz CT molecular complexity index is 637. The van der Waals surface area contributed by atoms with Crippen LogP contribution in [-0.4, -0.2) is 47.3 Å². The van der Waals surface area contributed by atoms with Crippen LogP contribution in [0.2, 0.25) is 0 Å². The minimum absolute atomic E-state index is 0.0537. The molecule has 2 atom stereocenters. The van der Waals surface area contributed by atoms with Crippen LogP contribution in [0, 0.1) is 11.3 Å². The maximum atomic E-state index is 12.9. The number of aromatic nitrogens is 1. The van der Waals surface area contributed by atoms with Crippen LogP contribution >= 0.6 is 0 Å². The molecule has 0 saturated carbocycles. The summed E-state index contributed by atoms with van der Waals surface area (Å²) >= 11 is 0. The van der Waals surface area contributed by atoms with Crippen molar-refractivity contribution in [3.8, 4) is 0 Å². The molecule has 0 aromatic carbocycles. The van der Waals surface area contributed by atoms with Gasteiger partial charge in [-0.1, -0.05) is 6.92 Å². The molecule has 2 fully saturated rings. The molecule has 2 saturated heterocycles. The van der Waals surface area contributed by atoms with Gasteiger partial charge in [-0.3, -0.25) is 0 Å². The molecule has 0 aliphatic carbocycles. The highest BCUT2D eigenvalue weighted by Crippen LogP contribution is 2.45. The third-order valence-electron chi connectivity index (χ3n) is 5.47. The number of likely N-dealkylation sites (tertiary alicyclic amines) is 1. The fraction of sp³-hybridized carbons (Fsp3) is 0.625. The van der Waals surface area contributed by atoms with Crippen molar-refractivity contribution in [2.45, 2.75) is 25.9 Å². The Morgan fingerprint density at radius 3 is 2.71 bits per heavy atom. The van der Waals surface area contributed by atoms with E-state index in [1.807, 2.05) is 11.8 Å². The third kappa shape index (κ3) is 3.01. The zero-order chi connectivity index (χ0) is 17.5. The molecule has 2 aliphatic rings. The van der Waals surface area contributed by atoms with Crippen molar-refractivity contribution in [1.82, 2.24) is 9.88 Å². The summed E-state index contributed by atoms with van der Waals surface area (Å²) in [4.78, 5) is 18.5. The Labute approximate surface area is 138 Å². The number of carboxylic acid groups (broad SMARTS) is 1. The zero-order valence-electron chi connectivity index (χ0n) is 13.4. The number of amides is 1. The molecule has 2 aliphatic heterocycles. The van der Waals surface area contributed by atoms with Gasteiger partial charge in [-0.2, -0.15) is 13.2 Å². The maximum Gasteiger partial charge on any atom is 0.416 e. The molecule has 0 bridgehead atoms. The predicted molar refractivity (Wildman–Crippen MR) is 81.9 cm³/mol. The zero-order valence-corrected chi connectivity index (χ0v) is 13.4. The fourth-order valence-corrected chi connectivity index (χ4v) is 3.86. The normalized spacial score (nSPS) is 27.8. The molecule has 5 nitrogen and oxygen atoms in total. The first-order valence-corrected chi connectivity index (χ1v) is 7.97. The molecule has 1 spiro atoms. The van der Waals surface area contributed by atoms with Crippen LogP contribution in [0.3, 0.4) is 0 Å². The Morgan fingerprint density at radius 1 is 1.38 bits per heavy atom. The fourth-order valence-electron chi connectivity index (χ4n) is 3.86. The van der Waals surface area contributed by atoms with E-state index in [4.69, 9.17) is 5.11 Å². The van der Waals surface area contributed by atoms with Crippen molar-refractivity contribution < 1.29 is 23.1 Å². The van der Waals surface area contributed by atoms with Crippen molar-refractivity contribution in [3.63, 3.8) is 0 Å². The van der Waals surface area contributed by atoms with Crippen LogP contribution in [-0.2, 0) is 6.18 Å². The number of hydrogen-bond donors (Lipinski definition) is 1. The molecule has 0 radical (unpaired) electrons. The minimum atomic E-state index is -4.38. The van der Waals surface area contributed by atoms with Crippen LogP contribution in [0.1, 0.15) is 25.3 Å². The monoisotopic (exact) mass is 343 g/mol. The van der Waals surface area contributed by atoms with Gasteiger partial charge in [0.1, 0.15) is 5.82 Å². The van der Waals surface area contributed by atoms with E-state index in [1.165, 1.54) is 11.1 Å². The first-order chi connectivity index (χ1) is 11.2. The molecule has 2 unspecified atom stereocenters. The molecule has 24 heavy (non-hydrogen) atoms. The second-order valence-electron chi connectivity index (χ2n) is 6.81. The van der Waals surface area contributed by atoms with Gasteiger partial charge >= 0.3 is 12.3 Å². The lowest BCUT2D eigenvalue weighted by atomic mass is 9.70. The Balaban J connectivity index is 1.75. The lowest BCUT2D eigenvalue weighted by Crippen LogP contribution is -2.49. The van der Waals surface area contributed by atoms with E-state index in [9.17, 15) is 18.0 Å². The van der Waals surface area contributed by atoms with Crippen LogP contribution in [0.4, 0.5) is 23.8 Å². The van der Waals surface area contributed by atoms with Crippen LogP contribution in [0.15, 0.2) is 18.3 Å². The number of rotatable bonds is 1. The van der Waals surface area contributed by atoms with Gasteiger partial charge < -0.3 is 14.9 Å². The molecule has 8 heteroatoms. The SMILES string of the molecule is CC1CN(C(=O)O)CCC12CCN(c1cc(C(F)(F)F)ccn1)C2. The van der Waals surface area contributed by atoms with E-state index in [0.29, 0.717) is 32.0 Å². The van der Waals surface area contributed by atoms with E-state index in [2.05, 4.69) is 4.98 Å². The van der Waals surface area contributed by atoms with Crippen molar-refractivity contribution >= 4 is 11.9 Å². The number of anilines is 1. The molecule has 1 aromatic heterocycles. The summed E-state index contributed by atoms with van der Waals surface area (Å²) in [6.45, 7) is 4.24. The summed E-state index contributed by atoms with van der Waals surface area (Å²) < 4.78 is 38.6. The lowest BCUT2D eigenvalue weighted by Gasteiger charge is -2.43. The molecule has 3 heterocycles. The van der Waals surface area contributed by atoms with E-state index < -0.39 is 17.8 Å². The number of halogens is 3. The standard InChI is InChI=1S/C16H20F3N3O2/c1-11-9-21(14(23)24)6-3-15(11)4-7-22(10-15)13-8-12(2-5-20-13)16(17,18)19/h2,5,8,11H,3-4,6-7,9-10H2,1H3,(H,23,24). The molecular formula is C16H20F3N3O2. The summed E-state index contributed by atoms with van der Waals surface area (Å²) in [5, 5.41) is 9.12. The molecule has 1 amide bonds. The summed E-state index contributed by atoms with van der Waals surface area (Å²) in [6, 6.07) is 2.07. The Hall–Kier alpha value is -1.99. The minimum Gasteiger partial charge on any atom is -0.465 e. The van der Waals surface area contributed by atoms with Gasteiger partial charge in [-0.15, -0.1) is 0 Å². The maximum absolute atomic E-state index is 12.9. The van der Waals surface area contributed by atoms with E-state index in [0.717, 1.165) is 25.0 Å². The topological polar surface area (TPSA) is 56.7 Å². The summed E-state index contributed by atoms with van der Waals surface area (Å²) in [7, 11) is 0. The predicted octanol–water partition coefficient (Wildman–Crippen LogP) is 3.32. The number of nitrogens with zero attached hydrogens (tertiary/aromatic N) is 3. The van der Waals surface area contributed by atoms with Crippen LogP contribution in [0.25, 0.3) is 0 Å². The largest absolute Gasteiger partial charge is 0.465 e. The van der Waals surface area contributed by atoms with E-state index in [-0.39, 0.29) is 11.3 Å². The highest BCUT2D eigenvalue weighted by atomic mass is 19.4. The molecule has 3 rings (SSSR count). The van der Waals surface area contributed by atoms with Crippen molar-refractivity contribution in [3.05, 3.63) is 23.9 Å². The number of hydrogen-bond acceptors (Lipinski definition) is 3. The van der Waals surface area contributed by atoms with Gasteiger partial charge in [0, 0.05) is 32.4 Å². The van der Waals surface area contributed by atoms with Crippen LogP contribution in [0.5, 0.6) is 0 Å². The average Bonchev–Trinajstić information content (AvgIpc) is 2.95. The quantitative estimate of drug-likeness (QED) is 0.850.